The molecule has 0 saturated heterocycles. The molecule has 0 saturated carbocycles. The van der Waals surface area contributed by atoms with Crippen LogP contribution in [-0.4, -0.2) is 17.6 Å². The second-order valence-corrected chi connectivity index (χ2v) is 4.74. The first-order chi connectivity index (χ1) is 9.02. The maximum atomic E-state index is 11.9. The Morgan fingerprint density at radius 1 is 1.21 bits per heavy atom. The van der Waals surface area contributed by atoms with Crippen LogP contribution in [0, 0.1) is 0 Å². The molecule has 4 heteroatoms. The lowest BCUT2D eigenvalue weighted by atomic mass is 10.0. The van der Waals surface area contributed by atoms with Crippen LogP contribution in [0.4, 0.5) is 5.69 Å². The van der Waals surface area contributed by atoms with E-state index in [1.807, 2.05) is 41.2 Å². The third kappa shape index (κ3) is 2.62. The SMILES string of the molecule is COC(=O)c1cn(C(C)C)cc1-c1ccc(N)cc1. The summed E-state index contributed by atoms with van der Waals surface area (Å²) in [6.45, 7) is 4.13. The van der Waals surface area contributed by atoms with Crippen molar-refractivity contribution in [1.82, 2.24) is 4.57 Å². The zero-order chi connectivity index (χ0) is 14.0. The lowest BCUT2D eigenvalue weighted by Crippen LogP contribution is -2.02. The number of hydrogen-bond acceptors (Lipinski definition) is 3. The van der Waals surface area contributed by atoms with Crippen LogP contribution in [0.2, 0.25) is 0 Å². The molecule has 1 aromatic heterocycles. The van der Waals surface area contributed by atoms with Gasteiger partial charge in [-0.1, -0.05) is 12.1 Å². The molecule has 0 fully saturated rings. The van der Waals surface area contributed by atoms with Crippen LogP contribution < -0.4 is 5.73 Å². The summed E-state index contributed by atoms with van der Waals surface area (Å²) in [6.07, 6.45) is 3.78. The minimum atomic E-state index is -0.328. The van der Waals surface area contributed by atoms with Gasteiger partial charge in [-0.15, -0.1) is 0 Å². The number of nitrogen functional groups attached to an aromatic ring is 1. The Hall–Kier alpha value is -2.23. The zero-order valence-electron chi connectivity index (χ0n) is 11.4. The summed E-state index contributed by atoms with van der Waals surface area (Å²) < 4.78 is 6.84. The number of aromatic nitrogens is 1. The van der Waals surface area contributed by atoms with Gasteiger partial charge in [-0.05, 0) is 31.5 Å². The Morgan fingerprint density at radius 3 is 2.37 bits per heavy atom. The van der Waals surface area contributed by atoms with E-state index < -0.39 is 0 Å². The molecule has 1 heterocycles. The van der Waals surface area contributed by atoms with Gasteiger partial charge in [0.25, 0.3) is 0 Å². The Bertz CT molecular complexity index is 583. The molecule has 0 radical (unpaired) electrons. The number of hydrogen-bond donors (Lipinski definition) is 1. The number of anilines is 1. The summed E-state index contributed by atoms with van der Waals surface area (Å²) in [5.41, 5.74) is 8.77. The van der Waals surface area contributed by atoms with Gasteiger partial charge in [-0.2, -0.15) is 0 Å². The fraction of sp³-hybridized carbons (Fsp3) is 0.267. The van der Waals surface area contributed by atoms with Gasteiger partial charge in [-0.25, -0.2) is 4.79 Å². The molecular formula is C15H18N2O2. The number of ether oxygens (including phenoxy) is 1. The maximum absolute atomic E-state index is 11.9. The number of nitrogens with zero attached hydrogens (tertiary/aromatic N) is 1. The van der Waals surface area contributed by atoms with Gasteiger partial charge in [0, 0.05) is 29.7 Å². The normalized spacial score (nSPS) is 10.7. The van der Waals surface area contributed by atoms with Gasteiger partial charge < -0.3 is 15.0 Å². The standard InChI is InChI=1S/C15H18N2O2/c1-10(2)17-8-13(14(9-17)15(18)19-3)11-4-6-12(16)7-5-11/h4-10H,16H2,1-3H3. The Labute approximate surface area is 112 Å². The number of carbonyl (C=O) groups excluding carboxylic acids is 1. The summed E-state index contributed by atoms with van der Waals surface area (Å²) in [5, 5.41) is 0. The number of rotatable bonds is 3. The van der Waals surface area contributed by atoms with E-state index >= 15 is 0 Å². The molecule has 0 bridgehead atoms. The molecular weight excluding hydrogens is 240 g/mol. The highest BCUT2D eigenvalue weighted by Crippen LogP contribution is 2.27. The molecule has 0 unspecified atom stereocenters. The van der Waals surface area contributed by atoms with Gasteiger partial charge in [0.05, 0.1) is 12.7 Å². The highest BCUT2D eigenvalue weighted by atomic mass is 16.5. The lowest BCUT2D eigenvalue weighted by Gasteiger charge is -2.05. The van der Waals surface area contributed by atoms with Crippen LogP contribution in [0.1, 0.15) is 30.2 Å². The van der Waals surface area contributed by atoms with Crippen LogP contribution in [0.5, 0.6) is 0 Å². The summed E-state index contributed by atoms with van der Waals surface area (Å²) in [4.78, 5) is 11.9. The highest BCUT2D eigenvalue weighted by molar-refractivity contribution is 5.97. The monoisotopic (exact) mass is 258 g/mol. The van der Waals surface area contributed by atoms with Crippen LogP contribution >= 0.6 is 0 Å². The maximum Gasteiger partial charge on any atom is 0.340 e. The van der Waals surface area contributed by atoms with Crippen molar-refractivity contribution in [2.45, 2.75) is 19.9 Å². The molecule has 2 rings (SSSR count). The lowest BCUT2D eigenvalue weighted by molar-refractivity contribution is 0.0601. The molecule has 0 spiro atoms. The average Bonchev–Trinajstić information content (AvgIpc) is 2.84. The molecule has 0 aliphatic carbocycles. The van der Waals surface area contributed by atoms with Gasteiger partial charge >= 0.3 is 5.97 Å². The summed E-state index contributed by atoms with van der Waals surface area (Å²) in [7, 11) is 1.39. The van der Waals surface area contributed by atoms with E-state index in [0.29, 0.717) is 11.3 Å². The van der Waals surface area contributed by atoms with E-state index in [1.54, 1.807) is 0 Å². The minimum absolute atomic E-state index is 0.283. The molecule has 2 aromatic rings. The predicted molar refractivity (Wildman–Crippen MR) is 76.0 cm³/mol. The fourth-order valence-corrected chi connectivity index (χ4v) is 1.94. The number of methoxy groups -OCH3 is 1. The topological polar surface area (TPSA) is 57.2 Å². The third-order valence-corrected chi connectivity index (χ3v) is 3.07. The van der Waals surface area contributed by atoms with E-state index in [0.717, 1.165) is 11.1 Å². The summed E-state index contributed by atoms with van der Waals surface area (Å²) in [6, 6.07) is 7.74. The van der Waals surface area contributed by atoms with Gasteiger partial charge in [0.15, 0.2) is 0 Å². The number of nitrogens with two attached hydrogens (primary N) is 1. The summed E-state index contributed by atoms with van der Waals surface area (Å²) >= 11 is 0. The van der Waals surface area contributed by atoms with Crippen molar-refractivity contribution in [3.05, 3.63) is 42.2 Å². The number of esters is 1. The van der Waals surface area contributed by atoms with E-state index in [-0.39, 0.29) is 12.0 Å². The van der Waals surface area contributed by atoms with Crippen LogP contribution in [0.25, 0.3) is 11.1 Å². The quantitative estimate of drug-likeness (QED) is 0.679. The largest absolute Gasteiger partial charge is 0.465 e. The van der Waals surface area contributed by atoms with Crippen LogP contribution in [0.15, 0.2) is 36.7 Å². The number of benzene rings is 1. The highest BCUT2D eigenvalue weighted by Gasteiger charge is 2.17. The molecule has 100 valence electrons. The average molecular weight is 258 g/mol. The van der Waals surface area contributed by atoms with Crippen molar-refractivity contribution in [2.75, 3.05) is 12.8 Å². The van der Waals surface area contributed by atoms with Crippen molar-refractivity contribution in [2.24, 2.45) is 0 Å². The smallest absolute Gasteiger partial charge is 0.340 e. The second-order valence-electron chi connectivity index (χ2n) is 4.74. The molecule has 0 aliphatic rings. The van der Waals surface area contributed by atoms with Gasteiger partial charge in [-0.3, -0.25) is 0 Å². The van der Waals surface area contributed by atoms with E-state index in [1.165, 1.54) is 7.11 Å². The second kappa shape index (κ2) is 5.18. The van der Waals surface area contributed by atoms with Crippen molar-refractivity contribution in [3.8, 4) is 11.1 Å². The van der Waals surface area contributed by atoms with E-state index in [4.69, 9.17) is 10.5 Å². The predicted octanol–water partition coefficient (Wildman–Crippen LogP) is 3.10. The first kappa shape index (κ1) is 13.2. The van der Waals surface area contributed by atoms with Gasteiger partial charge in [0.1, 0.15) is 0 Å². The number of carbonyl (C=O) groups is 1. The summed E-state index contributed by atoms with van der Waals surface area (Å²) in [5.74, 6) is -0.328. The van der Waals surface area contributed by atoms with E-state index in [2.05, 4.69) is 13.8 Å². The van der Waals surface area contributed by atoms with Crippen molar-refractivity contribution in [3.63, 3.8) is 0 Å². The zero-order valence-corrected chi connectivity index (χ0v) is 11.4. The molecule has 0 amide bonds. The van der Waals surface area contributed by atoms with Crippen molar-refractivity contribution < 1.29 is 9.53 Å². The first-order valence-electron chi connectivity index (χ1n) is 6.18. The molecule has 1 aromatic carbocycles. The molecule has 19 heavy (non-hydrogen) atoms. The molecule has 0 aliphatic heterocycles. The van der Waals surface area contributed by atoms with Crippen molar-refractivity contribution in [1.29, 1.82) is 0 Å². The molecule has 4 nitrogen and oxygen atoms in total. The van der Waals surface area contributed by atoms with E-state index in [9.17, 15) is 4.79 Å². The van der Waals surface area contributed by atoms with Crippen LogP contribution in [-0.2, 0) is 4.74 Å². The molecule has 2 N–H and O–H groups in total. The van der Waals surface area contributed by atoms with Gasteiger partial charge in [0.2, 0.25) is 0 Å². The Kier molecular flexibility index (Phi) is 3.60. The Morgan fingerprint density at radius 2 is 1.84 bits per heavy atom. The minimum Gasteiger partial charge on any atom is -0.465 e. The first-order valence-corrected chi connectivity index (χ1v) is 6.18. The Balaban J connectivity index is 2.54. The third-order valence-electron chi connectivity index (χ3n) is 3.07. The molecule has 0 atom stereocenters. The van der Waals surface area contributed by atoms with Crippen LogP contribution in [0.3, 0.4) is 0 Å². The fourth-order valence-electron chi connectivity index (χ4n) is 1.94. The van der Waals surface area contributed by atoms with Crippen molar-refractivity contribution >= 4 is 11.7 Å².